The molecular formula is C18H11BrCl2N2O. The lowest BCUT2D eigenvalue weighted by Gasteiger charge is -2.06. The van der Waals surface area contributed by atoms with Crippen molar-refractivity contribution < 1.29 is 4.79 Å². The lowest BCUT2D eigenvalue weighted by molar-refractivity contribution is 0.105. The van der Waals surface area contributed by atoms with Gasteiger partial charge >= 0.3 is 0 Å². The van der Waals surface area contributed by atoms with Crippen LogP contribution < -0.4 is 0 Å². The molecule has 0 saturated carbocycles. The first-order valence-corrected chi connectivity index (χ1v) is 8.56. The topological polar surface area (TPSA) is 45.8 Å². The molecule has 0 amide bonds. The summed E-state index contributed by atoms with van der Waals surface area (Å²) in [6, 6.07) is 12.3. The molecule has 1 N–H and O–H groups in total. The van der Waals surface area contributed by atoms with E-state index in [0.717, 1.165) is 4.47 Å². The maximum atomic E-state index is 12.9. The Morgan fingerprint density at radius 3 is 2.50 bits per heavy atom. The van der Waals surface area contributed by atoms with Crippen molar-refractivity contribution in [3.8, 4) is 0 Å². The average molecular weight is 422 g/mol. The lowest BCUT2D eigenvalue weighted by Crippen LogP contribution is -2.04. The van der Waals surface area contributed by atoms with Crippen molar-refractivity contribution in [2.45, 2.75) is 0 Å². The van der Waals surface area contributed by atoms with Crippen LogP contribution in [0.3, 0.4) is 0 Å². The summed E-state index contributed by atoms with van der Waals surface area (Å²) in [5.41, 5.74) is 1.68. The normalized spacial score (nSPS) is 11.5. The number of H-pyrrole nitrogens is 1. The van der Waals surface area contributed by atoms with E-state index in [4.69, 9.17) is 23.2 Å². The highest BCUT2D eigenvalue weighted by molar-refractivity contribution is 9.10. The van der Waals surface area contributed by atoms with Gasteiger partial charge in [0.05, 0.1) is 5.57 Å². The number of aromatic amines is 1. The molecule has 0 saturated heterocycles. The van der Waals surface area contributed by atoms with Gasteiger partial charge in [-0.25, -0.2) is 4.98 Å². The second-order valence-electron chi connectivity index (χ2n) is 5.00. The van der Waals surface area contributed by atoms with Gasteiger partial charge in [-0.05, 0) is 48.0 Å². The molecule has 0 aliphatic rings. The summed E-state index contributed by atoms with van der Waals surface area (Å²) in [5, 5.41) is 1.01. The van der Waals surface area contributed by atoms with Crippen molar-refractivity contribution >= 4 is 56.6 Å². The van der Waals surface area contributed by atoms with Crippen LogP contribution in [0.2, 0.25) is 10.0 Å². The van der Waals surface area contributed by atoms with Crippen LogP contribution in [0.1, 0.15) is 21.7 Å². The Labute approximate surface area is 157 Å². The number of imidazole rings is 1. The number of aromatic nitrogens is 2. The van der Waals surface area contributed by atoms with Gasteiger partial charge in [0, 0.05) is 32.5 Å². The second kappa shape index (κ2) is 7.34. The summed E-state index contributed by atoms with van der Waals surface area (Å²) < 4.78 is 0.906. The number of Topliss-reactive ketones (excluding diaryl/α,β-unsaturated/α-hetero) is 1. The van der Waals surface area contributed by atoms with Crippen LogP contribution in [0.4, 0.5) is 0 Å². The quantitative estimate of drug-likeness (QED) is 0.420. The SMILES string of the molecule is O=C(C(=Cc1ccc(Cl)cc1Cl)c1ncc[nH]1)c1ccc(Br)cc1. The fraction of sp³-hybridized carbons (Fsp3) is 0. The van der Waals surface area contributed by atoms with Crippen molar-refractivity contribution in [3.05, 3.63) is 86.3 Å². The van der Waals surface area contributed by atoms with Gasteiger partial charge in [-0.15, -0.1) is 0 Å². The molecule has 0 bridgehead atoms. The zero-order valence-corrected chi connectivity index (χ0v) is 15.4. The first-order chi connectivity index (χ1) is 11.5. The smallest absolute Gasteiger partial charge is 0.196 e. The summed E-state index contributed by atoms with van der Waals surface area (Å²) in [6.07, 6.45) is 4.98. The van der Waals surface area contributed by atoms with Gasteiger partial charge in [-0.1, -0.05) is 45.2 Å². The molecule has 0 fully saturated rings. The predicted octanol–water partition coefficient (Wildman–Crippen LogP) is 5.90. The van der Waals surface area contributed by atoms with Crippen LogP contribution in [-0.2, 0) is 0 Å². The van der Waals surface area contributed by atoms with Crippen LogP contribution in [-0.4, -0.2) is 15.8 Å². The number of allylic oxidation sites excluding steroid dienone is 1. The van der Waals surface area contributed by atoms with Crippen LogP contribution >= 0.6 is 39.1 Å². The molecule has 3 nitrogen and oxygen atoms in total. The number of ketones is 1. The van der Waals surface area contributed by atoms with Crippen molar-refractivity contribution in [3.63, 3.8) is 0 Å². The Bertz CT molecular complexity index is 903. The van der Waals surface area contributed by atoms with E-state index in [9.17, 15) is 4.79 Å². The highest BCUT2D eigenvalue weighted by Gasteiger charge is 2.17. The van der Waals surface area contributed by atoms with Crippen LogP contribution in [0.15, 0.2) is 59.3 Å². The summed E-state index contributed by atoms with van der Waals surface area (Å²) in [4.78, 5) is 20.1. The minimum absolute atomic E-state index is 0.150. The molecule has 0 unspecified atom stereocenters. The van der Waals surface area contributed by atoms with Gasteiger partial charge in [0.25, 0.3) is 0 Å². The van der Waals surface area contributed by atoms with Crippen molar-refractivity contribution in [2.24, 2.45) is 0 Å². The fourth-order valence-electron chi connectivity index (χ4n) is 2.18. The van der Waals surface area contributed by atoms with Crippen LogP contribution in [0.5, 0.6) is 0 Å². The van der Waals surface area contributed by atoms with Gasteiger partial charge in [-0.3, -0.25) is 4.79 Å². The lowest BCUT2D eigenvalue weighted by atomic mass is 10.0. The Balaban J connectivity index is 2.08. The number of carbonyl (C=O) groups is 1. The molecule has 0 aliphatic carbocycles. The number of hydrogen-bond donors (Lipinski definition) is 1. The molecule has 120 valence electrons. The Kier molecular flexibility index (Phi) is 5.19. The third-order valence-corrected chi connectivity index (χ3v) is 4.46. The molecule has 1 aromatic heterocycles. The molecule has 2 aromatic carbocycles. The van der Waals surface area contributed by atoms with Gasteiger partial charge in [0.15, 0.2) is 5.78 Å². The van der Waals surface area contributed by atoms with Crippen LogP contribution in [0.25, 0.3) is 11.6 Å². The van der Waals surface area contributed by atoms with Crippen molar-refractivity contribution in [2.75, 3.05) is 0 Å². The first kappa shape index (κ1) is 17.0. The number of hydrogen-bond acceptors (Lipinski definition) is 2. The van der Waals surface area contributed by atoms with E-state index in [1.165, 1.54) is 0 Å². The molecule has 3 rings (SSSR count). The standard InChI is InChI=1S/C18H11BrCl2N2O/c19-13-4-1-11(2-5-13)17(24)15(18-22-7-8-23-18)9-12-3-6-14(20)10-16(12)21/h1-10H,(H,22,23). The third kappa shape index (κ3) is 3.78. The van der Waals surface area contributed by atoms with E-state index < -0.39 is 0 Å². The fourth-order valence-corrected chi connectivity index (χ4v) is 2.91. The van der Waals surface area contributed by atoms with E-state index in [1.54, 1.807) is 48.8 Å². The number of benzene rings is 2. The zero-order valence-electron chi connectivity index (χ0n) is 12.3. The zero-order chi connectivity index (χ0) is 17.1. The van der Waals surface area contributed by atoms with Crippen LogP contribution in [0, 0.1) is 0 Å². The minimum atomic E-state index is -0.150. The molecule has 0 radical (unpaired) electrons. The number of nitrogens with one attached hydrogen (secondary N) is 1. The second-order valence-corrected chi connectivity index (χ2v) is 6.76. The number of nitrogens with zero attached hydrogens (tertiary/aromatic N) is 1. The summed E-state index contributed by atoms with van der Waals surface area (Å²) in [7, 11) is 0. The van der Waals surface area contributed by atoms with Gasteiger partial charge < -0.3 is 4.98 Å². The average Bonchev–Trinajstić information content (AvgIpc) is 3.08. The highest BCUT2D eigenvalue weighted by atomic mass is 79.9. The maximum Gasteiger partial charge on any atom is 0.196 e. The molecule has 6 heteroatoms. The predicted molar refractivity (Wildman–Crippen MR) is 101 cm³/mol. The van der Waals surface area contributed by atoms with E-state index in [-0.39, 0.29) is 5.78 Å². The third-order valence-electron chi connectivity index (χ3n) is 3.37. The summed E-state index contributed by atoms with van der Waals surface area (Å²) >= 11 is 15.5. The number of rotatable bonds is 4. The number of halogens is 3. The number of carbonyl (C=O) groups excluding carboxylic acids is 1. The molecule has 0 aliphatic heterocycles. The molecular weight excluding hydrogens is 411 g/mol. The molecule has 0 atom stereocenters. The van der Waals surface area contributed by atoms with Gasteiger partial charge in [0.2, 0.25) is 0 Å². The molecule has 3 aromatic rings. The largest absolute Gasteiger partial charge is 0.345 e. The van der Waals surface area contributed by atoms with Crippen molar-refractivity contribution in [1.29, 1.82) is 0 Å². The van der Waals surface area contributed by atoms with E-state index in [1.807, 2.05) is 12.1 Å². The molecule has 1 heterocycles. The molecule has 24 heavy (non-hydrogen) atoms. The van der Waals surface area contributed by atoms with Gasteiger partial charge in [-0.2, -0.15) is 0 Å². The maximum absolute atomic E-state index is 12.9. The Hall–Kier alpha value is -1.88. The molecule has 0 spiro atoms. The Morgan fingerprint density at radius 2 is 1.88 bits per heavy atom. The van der Waals surface area contributed by atoms with E-state index >= 15 is 0 Å². The van der Waals surface area contributed by atoms with E-state index in [2.05, 4.69) is 25.9 Å². The summed E-state index contributed by atoms with van der Waals surface area (Å²) in [6.45, 7) is 0. The first-order valence-electron chi connectivity index (χ1n) is 7.01. The monoisotopic (exact) mass is 420 g/mol. The summed E-state index contributed by atoms with van der Waals surface area (Å²) in [5.74, 6) is 0.331. The van der Waals surface area contributed by atoms with Crippen molar-refractivity contribution in [1.82, 2.24) is 9.97 Å². The van der Waals surface area contributed by atoms with E-state index in [0.29, 0.717) is 32.6 Å². The van der Waals surface area contributed by atoms with Gasteiger partial charge in [0.1, 0.15) is 5.82 Å². The minimum Gasteiger partial charge on any atom is -0.345 e. The Morgan fingerprint density at radius 1 is 1.12 bits per heavy atom. The highest BCUT2D eigenvalue weighted by Crippen LogP contribution is 2.27.